The number of benzene rings is 1. The summed E-state index contributed by atoms with van der Waals surface area (Å²) in [6.45, 7) is -0.171. The second kappa shape index (κ2) is 7.10. The zero-order valence-electron chi connectivity index (χ0n) is 16.3. The fourth-order valence-corrected chi connectivity index (χ4v) is 6.87. The van der Waals surface area contributed by atoms with Gasteiger partial charge in [0.25, 0.3) is 0 Å². The molecular formula is C21H24IN4O3-. The number of alkyl halides is 1. The number of anilines is 1. The average Bonchev–Trinajstić information content (AvgIpc) is 3.34. The molecule has 1 aliphatic carbocycles. The van der Waals surface area contributed by atoms with Crippen molar-refractivity contribution in [2.24, 2.45) is 0 Å². The molecule has 0 fully saturated rings. The van der Waals surface area contributed by atoms with E-state index in [0.29, 0.717) is 12.8 Å². The standard InChI is InChI=1S/C21H24IN4O3/c1-22-26-17-9-14-13-4-2-3-12-11-23-25-18(12)19(13)24-16(14)10-15(17)21(5-7-27,6-8-28)20(26)29/h9-11,24,27-28H,2-8H2,1H3,(H,23,25)/q-1. The number of nitrogens with zero attached hydrogens (tertiary/aromatic N) is 2. The number of aliphatic hydroxyl groups excluding tert-OH is 2. The number of amides is 1. The monoisotopic (exact) mass is 507 g/mol. The van der Waals surface area contributed by atoms with Gasteiger partial charge in [0.15, 0.2) is 0 Å². The Bertz CT molecular complexity index is 1100. The van der Waals surface area contributed by atoms with Gasteiger partial charge in [-0.15, -0.1) is 0 Å². The van der Waals surface area contributed by atoms with Crippen molar-refractivity contribution in [3.8, 4) is 11.4 Å². The first-order valence-corrected chi connectivity index (χ1v) is 13.0. The average molecular weight is 507 g/mol. The Labute approximate surface area is 179 Å². The number of carbonyl (C=O) groups is 1. The molecule has 1 aliphatic heterocycles. The molecule has 3 aromatic rings. The molecule has 0 saturated carbocycles. The summed E-state index contributed by atoms with van der Waals surface area (Å²) in [5.41, 5.74) is 6.69. The number of aromatic nitrogens is 3. The number of halogens is 1. The van der Waals surface area contributed by atoms with E-state index in [4.69, 9.17) is 0 Å². The maximum atomic E-state index is 13.4. The Hall–Kier alpha value is -1.91. The van der Waals surface area contributed by atoms with Gasteiger partial charge in [-0.1, -0.05) is 0 Å². The molecule has 154 valence electrons. The molecule has 2 aliphatic rings. The van der Waals surface area contributed by atoms with Gasteiger partial charge in [-0.05, 0) is 0 Å². The molecule has 5 rings (SSSR count). The number of aryl methyl sites for hydroxylation is 2. The zero-order valence-corrected chi connectivity index (χ0v) is 18.4. The number of H-pyrrole nitrogens is 2. The summed E-state index contributed by atoms with van der Waals surface area (Å²) in [5, 5.41) is 28.0. The molecule has 0 radical (unpaired) electrons. The number of aliphatic hydroxyl groups is 2. The molecule has 0 atom stereocenters. The SMILES string of the molecule is C[I-]N1C(=O)C(CCO)(CCO)c2cc3[nH]c4c(c3cc21)CCCc1cn[nH]c1-4. The molecule has 0 saturated heterocycles. The number of hydrogen-bond acceptors (Lipinski definition) is 4. The van der Waals surface area contributed by atoms with E-state index >= 15 is 0 Å². The molecule has 1 aromatic carbocycles. The quantitative estimate of drug-likeness (QED) is 0.203. The van der Waals surface area contributed by atoms with E-state index in [1.807, 2.05) is 9.31 Å². The van der Waals surface area contributed by atoms with Crippen LogP contribution in [0.5, 0.6) is 0 Å². The van der Waals surface area contributed by atoms with Crippen LogP contribution < -0.4 is 24.6 Å². The number of rotatable bonds is 5. The first-order valence-electron chi connectivity index (χ1n) is 9.92. The molecule has 2 aromatic heterocycles. The van der Waals surface area contributed by atoms with Crippen molar-refractivity contribution in [3.05, 3.63) is 35.0 Å². The van der Waals surface area contributed by atoms with Gasteiger partial charge in [0.1, 0.15) is 0 Å². The van der Waals surface area contributed by atoms with Crippen molar-refractivity contribution in [3.63, 3.8) is 0 Å². The van der Waals surface area contributed by atoms with Crippen molar-refractivity contribution < 1.29 is 36.5 Å². The van der Waals surface area contributed by atoms with Crippen molar-refractivity contribution in [2.45, 2.75) is 37.5 Å². The molecule has 4 N–H and O–H groups in total. The van der Waals surface area contributed by atoms with E-state index in [0.717, 1.165) is 52.8 Å². The van der Waals surface area contributed by atoms with Crippen molar-refractivity contribution in [1.82, 2.24) is 15.2 Å². The topological polar surface area (TPSA) is 105 Å². The van der Waals surface area contributed by atoms with Gasteiger partial charge in [-0.25, -0.2) is 0 Å². The molecule has 0 spiro atoms. The van der Waals surface area contributed by atoms with Crippen molar-refractivity contribution >= 4 is 22.5 Å². The third kappa shape index (κ3) is 2.62. The summed E-state index contributed by atoms with van der Waals surface area (Å²) < 4.78 is 1.91. The van der Waals surface area contributed by atoms with Crippen LogP contribution in [0, 0.1) is 0 Å². The van der Waals surface area contributed by atoms with Gasteiger partial charge in [0.05, 0.1) is 0 Å². The molecule has 0 bridgehead atoms. The zero-order chi connectivity index (χ0) is 20.2. The first kappa shape index (κ1) is 19.1. The van der Waals surface area contributed by atoms with Crippen molar-refractivity contribution in [2.75, 3.05) is 21.3 Å². The normalized spacial score (nSPS) is 17.5. The Kier molecular flexibility index (Phi) is 4.67. The summed E-state index contributed by atoms with van der Waals surface area (Å²) in [6, 6.07) is 4.23. The predicted octanol–water partition coefficient (Wildman–Crippen LogP) is -0.970. The third-order valence-electron chi connectivity index (χ3n) is 6.42. The number of hydrogen-bond donors (Lipinski definition) is 4. The van der Waals surface area contributed by atoms with Crippen LogP contribution in [-0.2, 0) is 23.1 Å². The van der Waals surface area contributed by atoms with Crippen molar-refractivity contribution in [1.29, 1.82) is 0 Å². The van der Waals surface area contributed by atoms with E-state index in [1.165, 1.54) is 11.1 Å². The van der Waals surface area contributed by atoms with Gasteiger partial charge in [0, 0.05) is 0 Å². The van der Waals surface area contributed by atoms with Crippen LogP contribution >= 0.6 is 0 Å². The van der Waals surface area contributed by atoms with Crippen LogP contribution in [0.4, 0.5) is 5.69 Å². The van der Waals surface area contributed by atoms with Gasteiger partial charge in [-0.3, -0.25) is 0 Å². The number of carbonyl (C=O) groups excluding carboxylic acids is 1. The van der Waals surface area contributed by atoms with Crippen LogP contribution in [0.3, 0.4) is 0 Å². The Morgan fingerprint density at radius 3 is 2.72 bits per heavy atom. The van der Waals surface area contributed by atoms with E-state index in [1.54, 1.807) is 0 Å². The minimum absolute atomic E-state index is 0.0282. The first-order chi connectivity index (χ1) is 14.1. The second-order valence-corrected chi connectivity index (χ2v) is 9.73. The minimum atomic E-state index is -0.843. The summed E-state index contributed by atoms with van der Waals surface area (Å²) >= 11 is -0.508. The fourth-order valence-electron chi connectivity index (χ4n) is 5.05. The van der Waals surface area contributed by atoms with E-state index in [-0.39, 0.29) is 19.1 Å². The summed E-state index contributed by atoms with van der Waals surface area (Å²) in [4.78, 5) is 19.0. The summed E-state index contributed by atoms with van der Waals surface area (Å²) in [6.07, 6.45) is 5.61. The van der Waals surface area contributed by atoms with Gasteiger partial charge in [0.2, 0.25) is 0 Å². The summed E-state index contributed by atoms with van der Waals surface area (Å²) in [5.74, 6) is 0.0282. The Morgan fingerprint density at radius 1 is 1.21 bits per heavy atom. The van der Waals surface area contributed by atoms with Crippen LogP contribution in [0.25, 0.3) is 22.3 Å². The maximum absolute atomic E-state index is 13.4. The molecule has 3 heterocycles. The second-order valence-electron chi connectivity index (χ2n) is 7.80. The number of nitrogens with one attached hydrogen (secondary N) is 2. The molecule has 0 unspecified atom stereocenters. The molecule has 8 heteroatoms. The molecular weight excluding hydrogens is 483 g/mol. The van der Waals surface area contributed by atoms with E-state index in [9.17, 15) is 15.0 Å². The van der Waals surface area contributed by atoms with E-state index in [2.05, 4.69) is 32.2 Å². The van der Waals surface area contributed by atoms with Gasteiger partial charge in [-0.2, -0.15) is 0 Å². The third-order valence-corrected chi connectivity index (χ3v) is 8.35. The summed E-state index contributed by atoms with van der Waals surface area (Å²) in [7, 11) is 0. The molecule has 1 amide bonds. The Morgan fingerprint density at radius 2 is 2.00 bits per heavy atom. The van der Waals surface area contributed by atoms with Gasteiger partial charge < -0.3 is 0 Å². The number of fused-ring (bicyclic) bond motifs is 6. The number of aromatic amines is 2. The molecule has 29 heavy (non-hydrogen) atoms. The van der Waals surface area contributed by atoms with Gasteiger partial charge >= 0.3 is 179 Å². The van der Waals surface area contributed by atoms with Crippen LogP contribution in [-0.4, -0.2) is 49.4 Å². The molecule has 7 nitrogen and oxygen atoms in total. The van der Waals surface area contributed by atoms with Crippen LogP contribution in [0.15, 0.2) is 18.3 Å². The fraction of sp³-hybridized carbons (Fsp3) is 0.429. The van der Waals surface area contributed by atoms with Crippen LogP contribution in [0.1, 0.15) is 36.0 Å². The van der Waals surface area contributed by atoms with E-state index < -0.39 is 26.9 Å². The predicted molar refractivity (Wildman–Crippen MR) is 106 cm³/mol. The van der Waals surface area contributed by atoms with Crippen LogP contribution in [0.2, 0.25) is 0 Å². The Balaban J connectivity index is 1.77.